The third-order valence-corrected chi connectivity index (χ3v) is 1.68. The van der Waals surface area contributed by atoms with Gasteiger partial charge in [-0.3, -0.25) is 4.98 Å². The summed E-state index contributed by atoms with van der Waals surface area (Å²) in [6.07, 6.45) is 4.08. The summed E-state index contributed by atoms with van der Waals surface area (Å²) >= 11 is 0. The number of nitrogens with zero attached hydrogens (tertiary/aromatic N) is 2. The highest BCUT2D eigenvalue weighted by atomic mass is 16.5. The molecule has 1 rings (SSSR count). The van der Waals surface area contributed by atoms with Crippen LogP contribution in [0.25, 0.3) is 0 Å². The number of methoxy groups -OCH3 is 1. The molecule has 0 spiro atoms. The first-order valence-corrected chi connectivity index (χ1v) is 3.89. The van der Waals surface area contributed by atoms with Crippen molar-refractivity contribution >= 4 is 0 Å². The van der Waals surface area contributed by atoms with Crippen molar-refractivity contribution in [2.24, 2.45) is 5.73 Å². The Morgan fingerprint density at radius 3 is 2.67 bits per heavy atom. The Morgan fingerprint density at radius 2 is 2.25 bits per heavy atom. The van der Waals surface area contributed by atoms with E-state index in [1.807, 2.05) is 6.92 Å². The Morgan fingerprint density at radius 1 is 1.50 bits per heavy atom. The number of rotatable bonds is 3. The average molecular weight is 167 g/mol. The molecule has 0 unspecified atom stereocenters. The maximum atomic E-state index is 5.74. The van der Waals surface area contributed by atoms with Gasteiger partial charge in [-0.1, -0.05) is 6.92 Å². The Bertz CT molecular complexity index is 235. The van der Waals surface area contributed by atoms with E-state index in [2.05, 4.69) is 9.97 Å². The molecule has 4 heteroatoms. The van der Waals surface area contributed by atoms with E-state index in [0.29, 0.717) is 5.88 Å². The molecule has 0 aliphatic carbocycles. The molecule has 2 N–H and O–H groups in total. The van der Waals surface area contributed by atoms with Crippen molar-refractivity contribution in [1.82, 2.24) is 9.97 Å². The quantitative estimate of drug-likeness (QED) is 0.726. The lowest BCUT2D eigenvalue weighted by Crippen LogP contribution is -2.10. The van der Waals surface area contributed by atoms with E-state index in [4.69, 9.17) is 10.5 Å². The molecule has 12 heavy (non-hydrogen) atoms. The van der Waals surface area contributed by atoms with Gasteiger partial charge in [-0.25, -0.2) is 4.98 Å². The predicted octanol–water partition coefficient (Wildman–Crippen LogP) is 0.895. The molecule has 1 aromatic heterocycles. The van der Waals surface area contributed by atoms with Gasteiger partial charge in [0.05, 0.1) is 25.2 Å². The average Bonchev–Trinajstić information content (AvgIpc) is 2.17. The first-order valence-electron chi connectivity index (χ1n) is 3.89. The first-order chi connectivity index (χ1) is 5.77. The van der Waals surface area contributed by atoms with Crippen LogP contribution in [0.15, 0.2) is 12.4 Å². The van der Waals surface area contributed by atoms with E-state index in [1.165, 1.54) is 0 Å². The summed E-state index contributed by atoms with van der Waals surface area (Å²) in [6, 6.07) is -0.0246. The van der Waals surface area contributed by atoms with Crippen LogP contribution in [-0.4, -0.2) is 17.1 Å². The number of hydrogen-bond acceptors (Lipinski definition) is 4. The van der Waals surface area contributed by atoms with E-state index in [0.717, 1.165) is 12.1 Å². The maximum Gasteiger partial charge on any atom is 0.231 e. The van der Waals surface area contributed by atoms with Gasteiger partial charge in [0.15, 0.2) is 0 Å². The SMILES string of the molecule is CC[C@H](N)c1cnc(OC)cn1. The van der Waals surface area contributed by atoms with Gasteiger partial charge in [-0.05, 0) is 6.42 Å². The van der Waals surface area contributed by atoms with Crippen molar-refractivity contribution in [3.8, 4) is 5.88 Å². The van der Waals surface area contributed by atoms with Crippen molar-refractivity contribution in [3.63, 3.8) is 0 Å². The van der Waals surface area contributed by atoms with Crippen molar-refractivity contribution < 1.29 is 4.74 Å². The van der Waals surface area contributed by atoms with Crippen LogP contribution in [0.2, 0.25) is 0 Å². The van der Waals surface area contributed by atoms with Crippen LogP contribution in [0.4, 0.5) is 0 Å². The molecule has 0 amide bonds. The molecule has 0 aliphatic rings. The van der Waals surface area contributed by atoms with E-state index in [9.17, 15) is 0 Å². The number of nitrogens with two attached hydrogens (primary N) is 1. The summed E-state index contributed by atoms with van der Waals surface area (Å²) in [5.41, 5.74) is 6.55. The lowest BCUT2D eigenvalue weighted by Gasteiger charge is -2.06. The second-order valence-electron chi connectivity index (χ2n) is 2.50. The minimum absolute atomic E-state index is 0.0246. The van der Waals surface area contributed by atoms with Crippen LogP contribution in [-0.2, 0) is 0 Å². The van der Waals surface area contributed by atoms with E-state index in [-0.39, 0.29) is 6.04 Å². The monoisotopic (exact) mass is 167 g/mol. The van der Waals surface area contributed by atoms with Crippen LogP contribution >= 0.6 is 0 Å². The minimum Gasteiger partial charge on any atom is -0.480 e. The molecule has 1 atom stereocenters. The summed E-state index contributed by atoms with van der Waals surface area (Å²) < 4.78 is 4.87. The molecule has 0 fully saturated rings. The van der Waals surface area contributed by atoms with Crippen LogP contribution in [0.1, 0.15) is 25.1 Å². The summed E-state index contributed by atoms with van der Waals surface area (Å²) in [7, 11) is 1.56. The molecular weight excluding hydrogens is 154 g/mol. The summed E-state index contributed by atoms with van der Waals surface area (Å²) in [4.78, 5) is 8.11. The van der Waals surface area contributed by atoms with Gasteiger partial charge in [0, 0.05) is 6.04 Å². The number of aromatic nitrogens is 2. The molecule has 1 heterocycles. The standard InChI is InChI=1S/C8H13N3O/c1-3-6(9)7-4-11-8(12-2)5-10-7/h4-6H,3,9H2,1-2H3/t6-/m0/s1. The Kier molecular flexibility index (Phi) is 2.99. The molecule has 0 bridgehead atoms. The highest BCUT2D eigenvalue weighted by Crippen LogP contribution is 2.11. The molecule has 1 aromatic rings. The van der Waals surface area contributed by atoms with Gasteiger partial charge < -0.3 is 10.5 Å². The lowest BCUT2D eigenvalue weighted by atomic mass is 10.2. The fourth-order valence-electron chi connectivity index (χ4n) is 0.832. The van der Waals surface area contributed by atoms with Gasteiger partial charge in [0.1, 0.15) is 0 Å². The second kappa shape index (κ2) is 4.01. The van der Waals surface area contributed by atoms with Gasteiger partial charge in [0.2, 0.25) is 5.88 Å². The molecular formula is C8H13N3O. The second-order valence-corrected chi connectivity index (χ2v) is 2.50. The molecule has 0 radical (unpaired) electrons. The fourth-order valence-corrected chi connectivity index (χ4v) is 0.832. The molecule has 0 saturated carbocycles. The zero-order chi connectivity index (χ0) is 8.97. The van der Waals surface area contributed by atoms with E-state index < -0.39 is 0 Å². The van der Waals surface area contributed by atoms with Crippen molar-refractivity contribution in [3.05, 3.63) is 18.1 Å². The molecule has 0 aliphatic heterocycles. The zero-order valence-corrected chi connectivity index (χ0v) is 7.32. The van der Waals surface area contributed by atoms with E-state index in [1.54, 1.807) is 19.5 Å². The third kappa shape index (κ3) is 1.92. The Hall–Kier alpha value is -1.16. The van der Waals surface area contributed by atoms with Crippen molar-refractivity contribution in [2.45, 2.75) is 19.4 Å². The van der Waals surface area contributed by atoms with E-state index >= 15 is 0 Å². The van der Waals surface area contributed by atoms with Gasteiger partial charge in [-0.15, -0.1) is 0 Å². The summed E-state index contributed by atoms with van der Waals surface area (Å²) in [6.45, 7) is 2.01. The van der Waals surface area contributed by atoms with Gasteiger partial charge in [0.25, 0.3) is 0 Å². The van der Waals surface area contributed by atoms with Crippen LogP contribution in [0.5, 0.6) is 5.88 Å². The van der Waals surface area contributed by atoms with Crippen molar-refractivity contribution in [2.75, 3.05) is 7.11 Å². The number of ether oxygens (including phenoxy) is 1. The third-order valence-electron chi connectivity index (χ3n) is 1.68. The van der Waals surface area contributed by atoms with Gasteiger partial charge >= 0.3 is 0 Å². The smallest absolute Gasteiger partial charge is 0.231 e. The molecule has 0 saturated heterocycles. The summed E-state index contributed by atoms with van der Waals surface area (Å²) in [5.74, 6) is 0.516. The molecule has 4 nitrogen and oxygen atoms in total. The highest BCUT2D eigenvalue weighted by Gasteiger charge is 2.04. The lowest BCUT2D eigenvalue weighted by molar-refractivity contribution is 0.394. The maximum absolute atomic E-state index is 5.74. The zero-order valence-electron chi connectivity index (χ0n) is 7.32. The number of hydrogen-bond donors (Lipinski definition) is 1. The predicted molar refractivity (Wildman–Crippen MR) is 45.8 cm³/mol. The topological polar surface area (TPSA) is 61.0 Å². The van der Waals surface area contributed by atoms with Crippen LogP contribution in [0.3, 0.4) is 0 Å². The Balaban J connectivity index is 2.77. The van der Waals surface area contributed by atoms with Gasteiger partial charge in [-0.2, -0.15) is 0 Å². The summed E-state index contributed by atoms with van der Waals surface area (Å²) in [5, 5.41) is 0. The largest absolute Gasteiger partial charge is 0.480 e. The fraction of sp³-hybridized carbons (Fsp3) is 0.500. The minimum atomic E-state index is -0.0246. The highest BCUT2D eigenvalue weighted by molar-refractivity contribution is 5.09. The van der Waals surface area contributed by atoms with Crippen LogP contribution in [0, 0.1) is 0 Å². The van der Waals surface area contributed by atoms with Crippen molar-refractivity contribution in [1.29, 1.82) is 0 Å². The van der Waals surface area contributed by atoms with Crippen LogP contribution < -0.4 is 10.5 Å². The first kappa shape index (κ1) is 8.93. The molecule has 66 valence electrons. The molecule has 0 aromatic carbocycles. The Labute approximate surface area is 71.8 Å². The normalized spacial score (nSPS) is 12.6.